The van der Waals surface area contributed by atoms with Crippen LogP contribution in [0.4, 0.5) is 14.6 Å². The Kier molecular flexibility index (Phi) is 8.12. The van der Waals surface area contributed by atoms with E-state index in [-0.39, 0.29) is 11.5 Å². The molecule has 0 radical (unpaired) electrons. The van der Waals surface area contributed by atoms with E-state index < -0.39 is 23.6 Å². The van der Waals surface area contributed by atoms with E-state index in [1.807, 2.05) is 18.2 Å². The highest BCUT2D eigenvalue weighted by molar-refractivity contribution is 7.15. The topological polar surface area (TPSA) is 131 Å². The molecule has 4 rings (SSSR count). The molecule has 9 nitrogen and oxygen atoms in total. The molecule has 0 aliphatic carbocycles. The highest BCUT2D eigenvalue weighted by Crippen LogP contribution is 2.29. The number of aromatic nitrogens is 3. The van der Waals surface area contributed by atoms with Crippen LogP contribution in [0.5, 0.6) is 0 Å². The SMILES string of the molecule is C=N/C(NCc1ccc(-c2cc3c(N)ncnc3cn2)s1)=C(\N=C/C)C(=O)N[C@@H](C)c1ccc(F)c(F)c1. The van der Waals surface area contributed by atoms with Gasteiger partial charge in [-0.1, -0.05) is 6.07 Å². The van der Waals surface area contributed by atoms with E-state index in [1.165, 1.54) is 29.9 Å². The summed E-state index contributed by atoms with van der Waals surface area (Å²) in [6, 6.07) is 8.55. The zero-order valence-electron chi connectivity index (χ0n) is 20.6. The maximum absolute atomic E-state index is 13.6. The molecule has 0 saturated carbocycles. The van der Waals surface area contributed by atoms with Crippen LogP contribution in [-0.4, -0.2) is 33.8 Å². The molecular formula is C26H24F2N8OS. The molecule has 0 fully saturated rings. The molecule has 3 heterocycles. The number of carbonyl (C=O) groups excluding carboxylic acids is 1. The number of hydrogen-bond donors (Lipinski definition) is 3. The standard InChI is InChI=1S/C26H24F2N8OS/c1-4-31-23(26(37)36-14(2)15-5-7-18(27)19(28)9-15)25(30-3)33-11-16-6-8-22(38-16)20-10-17-21(12-32-20)34-13-35-24(17)29/h4-10,12-14,33H,3,11H2,1-2H3,(H,36,37)(H2,29,34,35)/b25-23+,31-4-/t14-/m0/s1. The van der Waals surface area contributed by atoms with Gasteiger partial charge in [-0.05, 0) is 56.5 Å². The number of nitrogens with one attached hydrogen (secondary N) is 2. The first-order valence-corrected chi connectivity index (χ1v) is 12.3. The zero-order valence-corrected chi connectivity index (χ0v) is 21.4. The number of hydrogen-bond acceptors (Lipinski definition) is 9. The third-order valence-electron chi connectivity index (χ3n) is 5.54. The summed E-state index contributed by atoms with van der Waals surface area (Å²) in [7, 11) is 0. The van der Waals surface area contributed by atoms with Gasteiger partial charge in [0, 0.05) is 16.5 Å². The van der Waals surface area contributed by atoms with Crippen molar-refractivity contribution in [1.82, 2.24) is 25.6 Å². The average Bonchev–Trinajstić information content (AvgIpc) is 3.39. The van der Waals surface area contributed by atoms with Crippen LogP contribution in [0.25, 0.3) is 21.5 Å². The highest BCUT2D eigenvalue weighted by Gasteiger charge is 2.19. The van der Waals surface area contributed by atoms with Gasteiger partial charge in [-0.3, -0.25) is 14.8 Å². The second-order valence-corrected chi connectivity index (χ2v) is 9.24. The number of halogens is 2. The quantitative estimate of drug-likeness (QED) is 0.213. The first-order valence-electron chi connectivity index (χ1n) is 11.4. The molecule has 1 atom stereocenters. The first kappa shape index (κ1) is 26.5. The van der Waals surface area contributed by atoms with Gasteiger partial charge in [0.25, 0.3) is 5.91 Å². The van der Waals surface area contributed by atoms with E-state index in [0.29, 0.717) is 23.4 Å². The molecule has 1 amide bonds. The van der Waals surface area contributed by atoms with Gasteiger partial charge < -0.3 is 16.4 Å². The lowest BCUT2D eigenvalue weighted by Crippen LogP contribution is -2.30. The van der Waals surface area contributed by atoms with Gasteiger partial charge in [0.1, 0.15) is 12.1 Å². The summed E-state index contributed by atoms with van der Waals surface area (Å²) in [5.74, 6) is -1.96. The van der Waals surface area contributed by atoms with Gasteiger partial charge in [-0.2, -0.15) is 0 Å². The summed E-state index contributed by atoms with van der Waals surface area (Å²) >= 11 is 1.50. The van der Waals surface area contributed by atoms with Gasteiger partial charge in [-0.15, -0.1) is 11.3 Å². The van der Waals surface area contributed by atoms with Crippen LogP contribution >= 0.6 is 11.3 Å². The van der Waals surface area contributed by atoms with Crippen molar-refractivity contribution in [2.45, 2.75) is 26.4 Å². The number of nitrogens with two attached hydrogens (primary N) is 1. The first-order chi connectivity index (χ1) is 18.3. The van der Waals surface area contributed by atoms with Crippen molar-refractivity contribution < 1.29 is 13.6 Å². The molecule has 4 aromatic rings. The molecule has 0 spiro atoms. The van der Waals surface area contributed by atoms with E-state index >= 15 is 0 Å². The number of carbonyl (C=O) groups is 1. The van der Waals surface area contributed by atoms with Gasteiger partial charge in [-0.25, -0.2) is 23.7 Å². The summed E-state index contributed by atoms with van der Waals surface area (Å²) in [4.78, 5) is 35.6. The van der Waals surface area contributed by atoms with E-state index in [9.17, 15) is 13.6 Å². The number of nitrogens with zero attached hydrogens (tertiary/aromatic N) is 5. The number of thiophene rings is 1. The molecule has 38 heavy (non-hydrogen) atoms. The van der Waals surface area contributed by atoms with Crippen LogP contribution in [0.2, 0.25) is 0 Å². The van der Waals surface area contributed by atoms with Gasteiger partial charge in [0.15, 0.2) is 23.2 Å². The van der Waals surface area contributed by atoms with Crippen molar-refractivity contribution in [3.05, 3.63) is 82.5 Å². The second kappa shape index (κ2) is 11.6. The van der Waals surface area contributed by atoms with Crippen molar-refractivity contribution in [3.8, 4) is 10.6 Å². The molecule has 0 saturated heterocycles. The minimum absolute atomic E-state index is 0.000356. The predicted octanol–water partition coefficient (Wildman–Crippen LogP) is 4.54. The molecule has 12 heteroatoms. The molecule has 0 unspecified atom stereocenters. The molecule has 0 aliphatic heterocycles. The van der Waals surface area contributed by atoms with Gasteiger partial charge in [0.2, 0.25) is 0 Å². The minimum atomic E-state index is -0.993. The molecule has 194 valence electrons. The zero-order chi connectivity index (χ0) is 27.2. The predicted molar refractivity (Wildman–Crippen MR) is 146 cm³/mol. The monoisotopic (exact) mass is 534 g/mol. The summed E-state index contributed by atoms with van der Waals surface area (Å²) in [6.45, 7) is 7.21. The Hall–Kier alpha value is -4.58. The fourth-order valence-electron chi connectivity index (χ4n) is 3.60. The Morgan fingerprint density at radius 1 is 1.18 bits per heavy atom. The Bertz CT molecular complexity index is 1570. The Labute approximate surface area is 221 Å². The van der Waals surface area contributed by atoms with E-state index in [0.717, 1.165) is 33.0 Å². The van der Waals surface area contributed by atoms with Crippen molar-refractivity contribution in [3.63, 3.8) is 0 Å². The van der Waals surface area contributed by atoms with Gasteiger partial charge in [0.05, 0.1) is 34.9 Å². The van der Waals surface area contributed by atoms with Crippen LogP contribution in [0.3, 0.4) is 0 Å². The average molecular weight is 535 g/mol. The number of amides is 1. The smallest absolute Gasteiger partial charge is 0.274 e. The largest absolute Gasteiger partial charge is 0.383 e. The highest BCUT2D eigenvalue weighted by atomic mass is 32.1. The molecule has 3 aromatic heterocycles. The molecule has 4 N–H and O–H groups in total. The maximum Gasteiger partial charge on any atom is 0.274 e. The van der Waals surface area contributed by atoms with Crippen LogP contribution < -0.4 is 16.4 Å². The lowest BCUT2D eigenvalue weighted by molar-refractivity contribution is -0.118. The van der Waals surface area contributed by atoms with Crippen molar-refractivity contribution in [1.29, 1.82) is 0 Å². The molecule has 0 aliphatic rings. The Balaban J connectivity index is 1.50. The fourth-order valence-corrected chi connectivity index (χ4v) is 4.51. The lowest BCUT2D eigenvalue weighted by atomic mass is 10.1. The van der Waals surface area contributed by atoms with E-state index in [1.54, 1.807) is 20.0 Å². The molecular weight excluding hydrogens is 510 g/mol. The number of pyridine rings is 1. The summed E-state index contributed by atoms with van der Waals surface area (Å²) < 4.78 is 26.9. The Morgan fingerprint density at radius 2 is 2.00 bits per heavy atom. The summed E-state index contributed by atoms with van der Waals surface area (Å²) in [6.07, 6.45) is 4.50. The van der Waals surface area contributed by atoms with Crippen LogP contribution in [0.1, 0.15) is 30.3 Å². The van der Waals surface area contributed by atoms with Crippen molar-refractivity contribution in [2.24, 2.45) is 9.98 Å². The third kappa shape index (κ3) is 5.86. The number of anilines is 1. The molecule has 0 bridgehead atoms. The van der Waals surface area contributed by atoms with Gasteiger partial charge >= 0.3 is 0 Å². The van der Waals surface area contributed by atoms with Crippen LogP contribution in [0, 0.1) is 11.6 Å². The number of nitrogen functional groups attached to an aromatic ring is 1. The Morgan fingerprint density at radius 3 is 2.74 bits per heavy atom. The number of rotatable bonds is 9. The fraction of sp³-hybridized carbons (Fsp3) is 0.154. The maximum atomic E-state index is 13.6. The number of benzene rings is 1. The van der Waals surface area contributed by atoms with Crippen LogP contribution in [0.15, 0.2) is 70.4 Å². The molecule has 1 aromatic carbocycles. The normalized spacial score (nSPS) is 12.8. The lowest BCUT2D eigenvalue weighted by Gasteiger charge is -2.16. The van der Waals surface area contributed by atoms with Crippen molar-refractivity contribution in [2.75, 3.05) is 5.73 Å². The number of aliphatic imine (C=N–C) groups is 2. The minimum Gasteiger partial charge on any atom is -0.383 e. The number of fused-ring (bicyclic) bond motifs is 1. The second-order valence-electron chi connectivity index (χ2n) is 8.08. The van der Waals surface area contributed by atoms with Crippen molar-refractivity contribution >= 4 is 46.9 Å². The summed E-state index contributed by atoms with van der Waals surface area (Å²) in [5, 5.41) is 6.55. The van der Waals surface area contributed by atoms with E-state index in [4.69, 9.17) is 5.73 Å². The third-order valence-corrected chi connectivity index (χ3v) is 6.65. The van der Waals surface area contributed by atoms with E-state index in [2.05, 4.69) is 42.3 Å². The summed E-state index contributed by atoms with van der Waals surface area (Å²) in [5.41, 5.74) is 7.77. The van der Waals surface area contributed by atoms with Crippen LogP contribution in [-0.2, 0) is 11.3 Å².